The minimum Gasteiger partial charge on any atom is -0.462 e. The van der Waals surface area contributed by atoms with Crippen molar-refractivity contribution in [2.45, 2.75) is 58.2 Å². The Morgan fingerprint density at radius 3 is 2.71 bits per heavy atom. The molecular weight excluding hydrogens is 394 g/mol. The first kappa shape index (κ1) is 21.0. The SMILES string of the molecule is CCOC(=O)c1ccc2c(c1)C(=O)N([C@@H]1CCCC[C@H]1N(C(C)=O)c1ccccn1)C2. The lowest BCUT2D eigenvalue weighted by atomic mass is 9.87. The molecule has 1 aromatic heterocycles. The predicted molar refractivity (Wildman–Crippen MR) is 116 cm³/mol. The number of benzene rings is 1. The van der Waals surface area contributed by atoms with Crippen molar-refractivity contribution in [1.29, 1.82) is 0 Å². The van der Waals surface area contributed by atoms with Crippen LogP contribution in [0, 0.1) is 0 Å². The maximum absolute atomic E-state index is 13.4. The largest absolute Gasteiger partial charge is 0.462 e. The van der Waals surface area contributed by atoms with Gasteiger partial charge in [0.15, 0.2) is 0 Å². The fourth-order valence-corrected chi connectivity index (χ4v) is 4.75. The fraction of sp³-hybridized carbons (Fsp3) is 0.417. The summed E-state index contributed by atoms with van der Waals surface area (Å²) in [6.07, 6.45) is 5.32. The van der Waals surface area contributed by atoms with Crippen LogP contribution < -0.4 is 4.90 Å². The average molecular weight is 421 g/mol. The van der Waals surface area contributed by atoms with Crippen molar-refractivity contribution >= 4 is 23.6 Å². The third-order valence-corrected chi connectivity index (χ3v) is 6.11. The number of ether oxygens (including phenoxy) is 1. The number of carbonyl (C=O) groups excluding carboxylic acids is 3. The molecule has 0 N–H and O–H groups in total. The van der Waals surface area contributed by atoms with Crippen molar-refractivity contribution in [3.05, 3.63) is 59.3 Å². The Labute approximate surface area is 182 Å². The Morgan fingerprint density at radius 2 is 2.00 bits per heavy atom. The van der Waals surface area contributed by atoms with E-state index >= 15 is 0 Å². The third kappa shape index (κ3) is 4.04. The molecule has 162 valence electrons. The second kappa shape index (κ2) is 8.88. The molecule has 2 aromatic rings. The normalized spacial score (nSPS) is 20.3. The molecule has 1 aliphatic carbocycles. The number of hydrogen-bond acceptors (Lipinski definition) is 5. The summed E-state index contributed by atoms with van der Waals surface area (Å²) in [4.78, 5) is 46.1. The quantitative estimate of drug-likeness (QED) is 0.690. The first-order valence-corrected chi connectivity index (χ1v) is 10.8. The van der Waals surface area contributed by atoms with Crippen LogP contribution in [0.1, 0.15) is 65.8 Å². The van der Waals surface area contributed by atoms with Crippen LogP contribution in [0.5, 0.6) is 0 Å². The lowest BCUT2D eigenvalue weighted by Crippen LogP contribution is -2.55. The fourth-order valence-electron chi connectivity index (χ4n) is 4.75. The van der Waals surface area contributed by atoms with Crippen molar-refractivity contribution in [2.24, 2.45) is 0 Å². The summed E-state index contributed by atoms with van der Waals surface area (Å²) in [6, 6.07) is 10.5. The van der Waals surface area contributed by atoms with Gasteiger partial charge in [0.05, 0.1) is 24.3 Å². The molecule has 0 unspecified atom stereocenters. The van der Waals surface area contributed by atoms with E-state index in [9.17, 15) is 14.4 Å². The predicted octanol–water partition coefficient (Wildman–Crippen LogP) is 3.58. The minimum absolute atomic E-state index is 0.0793. The molecule has 7 heteroatoms. The van der Waals surface area contributed by atoms with Gasteiger partial charge in [-0.2, -0.15) is 0 Å². The molecule has 4 rings (SSSR count). The Bertz CT molecular complexity index is 992. The minimum atomic E-state index is -0.426. The first-order valence-electron chi connectivity index (χ1n) is 10.8. The maximum atomic E-state index is 13.4. The Balaban J connectivity index is 1.63. The van der Waals surface area contributed by atoms with Gasteiger partial charge in [0, 0.05) is 25.2 Å². The van der Waals surface area contributed by atoms with Crippen LogP contribution in [0.4, 0.5) is 5.82 Å². The van der Waals surface area contributed by atoms with E-state index in [0.29, 0.717) is 23.5 Å². The third-order valence-electron chi connectivity index (χ3n) is 6.11. The summed E-state index contributed by atoms with van der Waals surface area (Å²) in [7, 11) is 0. The molecule has 7 nitrogen and oxygen atoms in total. The van der Waals surface area contributed by atoms with Gasteiger partial charge in [0.2, 0.25) is 5.91 Å². The van der Waals surface area contributed by atoms with E-state index in [-0.39, 0.29) is 30.5 Å². The van der Waals surface area contributed by atoms with Gasteiger partial charge in [-0.3, -0.25) is 14.5 Å². The Kier molecular flexibility index (Phi) is 6.02. The van der Waals surface area contributed by atoms with E-state index in [1.807, 2.05) is 29.2 Å². The number of fused-ring (bicyclic) bond motifs is 1. The Morgan fingerprint density at radius 1 is 1.19 bits per heavy atom. The van der Waals surface area contributed by atoms with Gasteiger partial charge >= 0.3 is 5.97 Å². The molecule has 2 amide bonds. The summed E-state index contributed by atoms with van der Waals surface area (Å²) in [5, 5.41) is 0. The summed E-state index contributed by atoms with van der Waals surface area (Å²) in [5.41, 5.74) is 1.83. The van der Waals surface area contributed by atoms with Crippen molar-refractivity contribution in [3.63, 3.8) is 0 Å². The van der Waals surface area contributed by atoms with Crippen molar-refractivity contribution in [2.75, 3.05) is 11.5 Å². The highest BCUT2D eigenvalue weighted by Gasteiger charge is 2.41. The highest BCUT2D eigenvalue weighted by atomic mass is 16.5. The van der Waals surface area contributed by atoms with E-state index in [1.54, 1.807) is 37.1 Å². The number of amides is 2. The molecule has 1 aromatic carbocycles. The molecule has 31 heavy (non-hydrogen) atoms. The highest BCUT2D eigenvalue weighted by Crippen LogP contribution is 2.35. The molecule has 0 spiro atoms. The van der Waals surface area contributed by atoms with Crippen LogP contribution in [-0.4, -0.2) is 46.4 Å². The van der Waals surface area contributed by atoms with Crippen LogP contribution >= 0.6 is 0 Å². The first-order chi connectivity index (χ1) is 15.0. The van der Waals surface area contributed by atoms with Crippen LogP contribution in [-0.2, 0) is 16.1 Å². The van der Waals surface area contributed by atoms with Gasteiger partial charge in [0.25, 0.3) is 5.91 Å². The summed E-state index contributed by atoms with van der Waals surface area (Å²) in [6.45, 7) is 4.07. The average Bonchev–Trinajstić information content (AvgIpc) is 3.11. The molecular formula is C24H27N3O4. The molecule has 2 aliphatic rings. The van der Waals surface area contributed by atoms with Crippen molar-refractivity contribution < 1.29 is 19.1 Å². The number of nitrogens with zero attached hydrogens (tertiary/aromatic N) is 3. The van der Waals surface area contributed by atoms with Gasteiger partial charge < -0.3 is 9.64 Å². The van der Waals surface area contributed by atoms with E-state index in [4.69, 9.17) is 4.74 Å². The molecule has 1 aliphatic heterocycles. The zero-order valence-electron chi connectivity index (χ0n) is 17.9. The van der Waals surface area contributed by atoms with Crippen LogP contribution in [0.15, 0.2) is 42.6 Å². The molecule has 1 fully saturated rings. The van der Waals surface area contributed by atoms with Gasteiger partial charge in [-0.25, -0.2) is 9.78 Å². The van der Waals surface area contributed by atoms with Gasteiger partial charge in [-0.15, -0.1) is 0 Å². The van der Waals surface area contributed by atoms with Crippen LogP contribution in [0.2, 0.25) is 0 Å². The maximum Gasteiger partial charge on any atom is 0.338 e. The number of hydrogen-bond donors (Lipinski definition) is 0. The number of esters is 1. The standard InChI is InChI=1S/C24H27N3O4/c1-3-31-24(30)17-11-12-18-15-26(23(29)19(18)14-17)20-8-4-5-9-21(20)27(16(2)28)22-10-6-7-13-25-22/h6-7,10-14,20-21H,3-5,8-9,15H2,1-2H3/t20-,21-/m1/s1. The highest BCUT2D eigenvalue weighted by molar-refractivity contribution is 6.01. The van der Waals surface area contributed by atoms with Gasteiger partial charge in [0.1, 0.15) is 5.82 Å². The van der Waals surface area contributed by atoms with Crippen LogP contribution in [0.3, 0.4) is 0 Å². The lowest BCUT2D eigenvalue weighted by molar-refractivity contribution is -0.117. The topological polar surface area (TPSA) is 79.8 Å². The van der Waals surface area contributed by atoms with Gasteiger partial charge in [-0.1, -0.05) is 25.0 Å². The molecule has 1 saturated carbocycles. The van der Waals surface area contributed by atoms with E-state index < -0.39 is 5.97 Å². The van der Waals surface area contributed by atoms with Gasteiger partial charge in [-0.05, 0) is 49.6 Å². The number of carbonyl (C=O) groups is 3. The number of aromatic nitrogens is 1. The zero-order valence-corrected chi connectivity index (χ0v) is 17.9. The second-order valence-electron chi connectivity index (χ2n) is 8.02. The summed E-state index contributed by atoms with van der Waals surface area (Å²) >= 11 is 0. The van der Waals surface area contributed by atoms with E-state index in [0.717, 1.165) is 31.2 Å². The molecule has 0 bridgehead atoms. The number of anilines is 1. The van der Waals surface area contributed by atoms with Crippen molar-refractivity contribution in [3.8, 4) is 0 Å². The smallest absolute Gasteiger partial charge is 0.338 e. The van der Waals surface area contributed by atoms with Crippen molar-refractivity contribution in [1.82, 2.24) is 9.88 Å². The lowest BCUT2D eigenvalue weighted by Gasteiger charge is -2.43. The second-order valence-corrected chi connectivity index (χ2v) is 8.02. The zero-order chi connectivity index (χ0) is 22.0. The molecule has 0 saturated heterocycles. The Hall–Kier alpha value is -3.22. The molecule has 0 radical (unpaired) electrons. The number of rotatable bonds is 5. The monoisotopic (exact) mass is 421 g/mol. The van der Waals surface area contributed by atoms with E-state index in [2.05, 4.69) is 4.98 Å². The van der Waals surface area contributed by atoms with E-state index in [1.165, 1.54) is 0 Å². The molecule has 2 heterocycles. The van der Waals surface area contributed by atoms with Crippen LogP contribution in [0.25, 0.3) is 0 Å². The summed E-state index contributed by atoms with van der Waals surface area (Å²) in [5.74, 6) is 0.0117. The molecule has 2 atom stereocenters. The summed E-state index contributed by atoms with van der Waals surface area (Å²) < 4.78 is 5.08. The number of pyridine rings is 1.